The number of rotatable bonds is 9. The third-order valence-corrected chi connectivity index (χ3v) is 3.97. The number of amides is 2. The average Bonchev–Trinajstić information content (AvgIpc) is 2.70. The molecule has 148 valence electrons. The number of benzene rings is 2. The van der Waals surface area contributed by atoms with Crippen LogP contribution in [0.1, 0.15) is 12.5 Å². The normalized spacial score (nSPS) is 10.2. The SMILES string of the molecule is CCN(CC(=O)NCc1ccc(F)cc1)C(=O)CNc1cccc([N+](=O)[O-])c1. The minimum absolute atomic E-state index is 0.0787. The summed E-state index contributed by atoms with van der Waals surface area (Å²) in [5, 5.41) is 16.3. The van der Waals surface area contributed by atoms with E-state index in [1.54, 1.807) is 25.1 Å². The van der Waals surface area contributed by atoms with E-state index in [9.17, 15) is 24.1 Å². The fourth-order valence-electron chi connectivity index (χ4n) is 2.43. The summed E-state index contributed by atoms with van der Waals surface area (Å²) < 4.78 is 12.9. The van der Waals surface area contributed by atoms with Crippen LogP contribution in [0.15, 0.2) is 48.5 Å². The number of nitrogens with one attached hydrogen (secondary N) is 2. The van der Waals surface area contributed by atoms with Crippen LogP contribution in [0, 0.1) is 15.9 Å². The number of anilines is 1. The number of likely N-dealkylation sites (N-methyl/N-ethyl adjacent to an activating group) is 1. The lowest BCUT2D eigenvalue weighted by Gasteiger charge is -2.21. The van der Waals surface area contributed by atoms with Gasteiger partial charge in [-0.2, -0.15) is 0 Å². The van der Waals surface area contributed by atoms with Crippen molar-refractivity contribution in [2.24, 2.45) is 0 Å². The molecule has 2 aromatic rings. The van der Waals surface area contributed by atoms with Crippen LogP contribution in [0.4, 0.5) is 15.8 Å². The molecule has 0 radical (unpaired) electrons. The van der Waals surface area contributed by atoms with E-state index < -0.39 is 4.92 Å². The summed E-state index contributed by atoms with van der Waals surface area (Å²) in [5.41, 5.74) is 1.11. The zero-order valence-electron chi connectivity index (χ0n) is 15.4. The van der Waals surface area contributed by atoms with Crippen molar-refractivity contribution in [3.63, 3.8) is 0 Å². The van der Waals surface area contributed by atoms with Gasteiger partial charge in [0.15, 0.2) is 0 Å². The number of halogens is 1. The summed E-state index contributed by atoms with van der Waals surface area (Å²) >= 11 is 0. The second kappa shape index (κ2) is 10.0. The van der Waals surface area contributed by atoms with Crippen molar-refractivity contribution in [3.8, 4) is 0 Å². The van der Waals surface area contributed by atoms with Crippen molar-refractivity contribution in [1.29, 1.82) is 0 Å². The molecule has 0 saturated heterocycles. The van der Waals surface area contributed by atoms with E-state index in [1.807, 2.05) is 0 Å². The summed E-state index contributed by atoms with van der Waals surface area (Å²) in [6.07, 6.45) is 0. The molecule has 0 aromatic heterocycles. The number of nitro benzene ring substituents is 1. The lowest BCUT2D eigenvalue weighted by atomic mass is 10.2. The summed E-state index contributed by atoms with van der Waals surface area (Å²) in [4.78, 5) is 36.0. The molecule has 8 nitrogen and oxygen atoms in total. The summed E-state index contributed by atoms with van der Waals surface area (Å²) in [6.45, 7) is 2.10. The molecule has 0 aliphatic carbocycles. The Balaban J connectivity index is 1.83. The van der Waals surface area contributed by atoms with E-state index in [4.69, 9.17) is 0 Å². The van der Waals surface area contributed by atoms with Crippen molar-refractivity contribution < 1.29 is 18.9 Å². The summed E-state index contributed by atoms with van der Waals surface area (Å²) in [6, 6.07) is 11.6. The molecule has 0 spiro atoms. The van der Waals surface area contributed by atoms with E-state index in [1.165, 1.54) is 35.2 Å². The van der Waals surface area contributed by atoms with Gasteiger partial charge in [-0.1, -0.05) is 18.2 Å². The molecule has 0 fully saturated rings. The Kier molecular flexibility index (Phi) is 7.44. The van der Waals surface area contributed by atoms with Crippen LogP contribution in [0.3, 0.4) is 0 Å². The Morgan fingerprint density at radius 3 is 2.54 bits per heavy atom. The highest BCUT2D eigenvalue weighted by Crippen LogP contribution is 2.16. The zero-order valence-corrected chi connectivity index (χ0v) is 15.4. The van der Waals surface area contributed by atoms with E-state index in [0.29, 0.717) is 12.2 Å². The van der Waals surface area contributed by atoms with Crippen LogP contribution in [0.5, 0.6) is 0 Å². The van der Waals surface area contributed by atoms with E-state index in [-0.39, 0.29) is 43.0 Å². The van der Waals surface area contributed by atoms with Crippen molar-refractivity contribution in [3.05, 3.63) is 70.0 Å². The minimum atomic E-state index is -0.517. The molecule has 0 aliphatic heterocycles. The first kappa shape index (κ1) is 20.8. The molecule has 0 bridgehead atoms. The Morgan fingerprint density at radius 2 is 1.89 bits per heavy atom. The number of carbonyl (C=O) groups is 2. The van der Waals surface area contributed by atoms with Gasteiger partial charge in [0.25, 0.3) is 5.69 Å². The Bertz CT molecular complexity index is 842. The van der Waals surface area contributed by atoms with E-state index >= 15 is 0 Å². The van der Waals surface area contributed by atoms with Gasteiger partial charge in [0.1, 0.15) is 5.82 Å². The first-order valence-corrected chi connectivity index (χ1v) is 8.66. The average molecular weight is 388 g/mol. The van der Waals surface area contributed by atoms with Crippen LogP contribution < -0.4 is 10.6 Å². The van der Waals surface area contributed by atoms with Crippen molar-refractivity contribution in [2.75, 3.05) is 25.0 Å². The predicted octanol–water partition coefficient (Wildman–Crippen LogP) is 2.31. The fraction of sp³-hybridized carbons (Fsp3) is 0.263. The van der Waals surface area contributed by atoms with Gasteiger partial charge < -0.3 is 15.5 Å². The lowest BCUT2D eigenvalue weighted by Crippen LogP contribution is -2.42. The number of hydrogen-bond acceptors (Lipinski definition) is 5. The van der Waals surface area contributed by atoms with Crippen molar-refractivity contribution >= 4 is 23.2 Å². The van der Waals surface area contributed by atoms with Gasteiger partial charge in [0, 0.05) is 30.9 Å². The Morgan fingerprint density at radius 1 is 1.18 bits per heavy atom. The molecule has 9 heteroatoms. The molecule has 0 heterocycles. The quantitative estimate of drug-likeness (QED) is 0.507. The molecular weight excluding hydrogens is 367 g/mol. The smallest absolute Gasteiger partial charge is 0.271 e. The van der Waals surface area contributed by atoms with Crippen molar-refractivity contribution in [2.45, 2.75) is 13.5 Å². The van der Waals surface area contributed by atoms with Crippen molar-refractivity contribution in [1.82, 2.24) is 10.2 Å². The van der Waals surface area contributed by atoms with Gasteiger partial charge >= 0.3 is 0 Å². The van der Waals surface area contributed by atoms with Gasteiger partial charge in [0.2, 0.25) is 11.8 Å². The molecule has 0 atom stereocenters. The van der Waals surface area contributed by atoms with Crippen LogP contribution >= 0.6 is 0 Å². The van der Waals surface area contributed by atoms with Gasteiger partial charge in [0.05, 0.1) is 18.0 Å². The molecule has 0 aliphatic rings. The molecule has 2 amide bonds. The highest BCUT2D eigenvalue weighted by Gasteiger charge is 2.15. The number of non-ortho nitro benzene ring substituents is 1. The first-order chi connectivity index (χ1) is 13.4. The molecule has 2 aromatic carbocycles. The molecule has 0 saturated carbocycles. The van der Waals surface area contributed by atoms with Gasteiger partial charge in [-0.25, -0.2) is 4.39 Å². The fourth-order valence-corrected chi connectivity index (χ4v) is 2.43. The minimum Gasteiger partial charge on any atom is -0.376 e. The zero-order chi connectivity index (χ0) is 20.5. The third-order valence-electron chi connectivity index (χ3n) is 3.97. The Labute approximate surface area is 161 Å². The lowest BCUT2D eigenvalue weighted by molar-refractivity contribution is -0.384. The maximum atomic E-state index is 12.9. The first-order valence-electron chi connectivity index (χ1n) is 8.66. The number of carbonyl (C=O) groups excluding carboxylic acids is 2. The molecule has 28 heavy (non-hydrogen) atoms. The van der Waals surface area contributed by atoms with E-state index in [0.717, 1.165) is 5.56 Å². The summed E-state index contributed by atoms with van der Waals surface area (Å²) in [7, 11) is 0. The largest absolute Gasteiger partial charge is 0.376 e. The van der Waals surface area contributed by atoms with Crippen LogP contribution in [-0.4, -0.2) is 41.3 Å². The predicted molar refractivity (Wildman–Crippen MR) is 102 cm³/mol. The standard InChI is InChI=1S/C19H21FN4O4/c1-2-23(13-18(25)22-11-14-6-8-15(20)9-7-14)19(26)12-21-16-4-3-5-17(10-16)24(27)28/h3-10,21H,2,11-13H2,1H3,(H,22,25). The monoisotopic (exact) mass is 388 g/mol. The highest BCUT2D eigenvalue weighted by atomic mass is 19.1. The molecular formula is C19H21FN4O4. The van der Waals surface area contributed by atoms with Gasteiger partial charge in [-0.15, -0.1) is 0 Å². The summed E-state index contributed by atoms with van der Waals surface area (Å²) in [5.74, 6) is -1.00. The molecule has 2 rings (SSSR count). The number of hydrogen-bond donors (Lipinski definition) is 2. The highest BCUT2D eigenvalue weighted by molar-refractivity contribution is 5.86. The topological polar surface area (TPSA) is 105 Å². The van der Waals surface area contributed by atoms with Crippen LogP contribution in [-0.2, 0) is 16.1 Å². The second-order valence-electron chi connectivity index (χ2n) is 5.97. The Hall–Kier alpha value is -3.49. The molecule has 0 unspecified atom stereocenters. The second-order valence-corrected chi connectivity index (χ2v) is 5.97. The maximum absolute atomic E-state index is 12.9. The third kappa shape index (κ3) is 6.35. The van der Waals surface area contributed by atoms with Gasteiger partial charge in [-0.05, 0) is 30.7 Å². The number of nitrogens with zero attached hydrogens (tertiary/aromatic N) is 2. The van der Waals surface area contributed by atoms with Crippen LogP contribution in [0.25, 0.3) is 0 Å². The molecule has 2 N–H and O–H groups in total. The van der Waals surface area contributed by atoms with Crippen LogP contribution in [0.2, 0.25) is 0 Å². The maximum Gasteiger partial charge on any atom is 0.271 e. The van der Waals surface area contributed by atoms with Gasteiger partial charge in [-0.3, -0.25) is 19.7 Å². The number of nitro groups is 1. The van der Waals surface area contributed by atoms with E-state index in [2.05, 4.69) is 10.6 Å².